The average Bonchev–Trinajstić information content (AvgIpc) is 3.13. The molecule has 3 atom stereocenters. The number of furan rings is 1. The quantitative estimate of drug-likeness (QED) is 0.926. The van der Waals surface area contributed by atoms with Gasteiger partial charge in [0.2, 0.25) is 5.91 Å². The van der Waals surface area contributed by atoms with Crippen molar-refractivity contribution in [3.63, 3.8) is 0 Å². The lowest BCUT2D eigenvalue weighted by Crippen LogP contribution is -2.50. The Morgan fingerprint density at radius 1 is 1.38 bits per heavy atom. The first-order valence-corrected chi connectivity index (χ1v) is 7.71. The number of nitrogens with zero attached hydrogens (tertiary/aromatic N) is 1. The van der Waals surface area contributed by atoms with Crippen LogP contribution in [-0.2, 0) is 4.79 Å². The Hall–Kier alpha value is -1.78. The molecule has 21 heavy (non-hydrogen) atoms. The molecule has 1 aliphatic carbocycles. The largest absolute Gasteiger partial charge is 0.472 e. The Kier molecular flexibility index (Phi) is 3.74. The van der Waals surface area contributed by atoms with Crippen LogP contribution in [0.25, 0.3) is 0 Å². The van der Waals surface area contributed by atoms with E-state index in [-0.39, 0.29) is 23.9 Å². The van der Waals surface area contributed by atoms with Crippen LogP contribution in [0.15, 0.2) is 23.0 Å². The van der Waals surface area contributed by atoms with Gasteiger partial charge in [-0.3, -0.25) is 9.59 Å². The van der Waals surface area contributed by atoms with Gasteiger partial charge >= 0.3 is 0 Å². The molecule has 1 aromatic rings. The number of hydrogen-bond donors (Lipinski definition) is 1. The molecule has 0 bridgehead atoms. The lowest BCUT2D eigenvalue weighted by atomic mass is 9.93. The summed E-state index contributed by atoms with van der Waals surface area (Å²) in [6.45, 7) is 4.58. The number of carbonyl (C=O) groups excluding carboxylic acids is 2. The summed E-state index contributed by atoms with van der Waals surface area (Å²) in [6, 6.07) is 1.42. The monoisotopic (exact) mass is 290 g/mol. The van der Waals surface area contributed by atoms with Crippen molar-refractivity contribution >= 4 is 11.8 Å². The van der Waals surface area contributed by atoms with Crippen molar-refractivity contribution in [3.8, 4) is 0 Å². The normalized spacial score (nSPS) is 28.0. The number of carbonyl (C=O) groups is 2. The molecule has 2 heterocycles. The Balaban J connectivity index is 1.84. The maximum atomic E-state index is 12.6. The molecule has 1 aliphatic heterocycles. The van der Waals surface area contributed by atoms with E-state index in [1.807, 2.05) is 13.8 Å². The van der Waals surface area contributed by atoms with Gasteiger partial charge in [-0.2, -0.15) is 0 Å². The molecule has 1 N–H and O–H groups in total. The van der Waals surface area contributed by atoms with Gasteiger partial charge in [-0.1, -0.05) is 6.42 Å². The summed E-state index contributed by atoms with van der Waals surface area (Å²) in [4.78, 5) is 26.9. The first-order chi connectivity index (χ1) is 10.1. The predicted molar refractivity (Wildman–Crippen MR) is 77.6 cm³/mol. The maximum absolute atomic E-state index is 12.6. The first-order valence-electron chi connectivity index (χ1n) is 7.71. The van der Waals surface area contributed by atoms with Crippen molar-refractivity contribution in [2.24, 2.45) is 11.8 Å². The minimum absolute atomic E-state index is 0.0174. The van der Waals surface area contributed by atoms with Gasteiger partial charge in [0.05, 0.1) is 11.8 Å². The predicted octanol–water partition coefficient (Wildman–Crippen LogP) is 2.04. The molecule has 1 saturated carbocycles. The second kappa shape index (κ2) is 5.54. The third-order valence-corrected chi connectivity index (χ3v) is 4.62. The summed E-state index contributed by atoms with van der Waals surface area (Å²) in [6.07, 6.45) is 6.26. The van der Waals surface area contributed by atoms with Crippen LogP contribution in [0.5, 0.6) is 0 Å². The molecule has 0 aromatic carbocycles. The van der Waals surface area contributed by atoms with Gasteiger partial charge in [0.1, 0.15) is 12.3 Å². The number of likely N-dealkylation sites (tertiary alicyclic amines) is 1. The van der Waals surface area contributed by atoms with Crippen molar-refractivity contribution in [1.29, 1.82) is 0 Å². The van der Waals surface area contributed by atoms with Crippen LogP contribution in [0.4, 0.5) is 0 Å². The van der Waals surface area contributed by atoms with E-state index in [1.54, 1.807) is 11.0 Å². The third-order valence-electron chi connectivity index (χ3n) is 4.62. The summed E-state index contributed by atoms with van der Waals surface area (Å²) < 4.78 is 5.00. The summed E-state index contributed by atoms with van der Waals surface area (Å²) >= 11 is 0. The lowest BCUT2D eigenvalue weighted by molar-refractivity contribution is -0.126. The molecular weight excluding hydrogens is 268 g/mol. The topological polar surface area (TPSA) is 62.6 Å². The third kappa shape index (κ3) is 2.57. The molecule has 114 valence electrons. The van der Waals surface area contributed by atoms with Crippen LogP contribution in [-0.4, -0.2) is 35.3 Å². The molecular formula is C16H22N2O3. The summed E-state index contributed by atoms with van der Waals surface area (Å²) in [5.41, 5.74) is 0.525. The van der Waals surface area contributed by atoms with Crippen LogP contribution in [0.1, 0.15) is 43.5 Å². The molecule has 2 aliphatic rings. The Labute approximate surface area is 124 Å². The molecule has 2 fully saturated rings. The van der Waals surface area contributed by atoms with E-state index in [2.05, 4.69) is 5.32 Å². The highest BCUT2D eigenvalue weighted by Gasteiger charge is 2.49. The molecule has 5 heteroatoms. The summed E-state index contributed by atoms with van der Waals surface area (Å²) in [5.74, 6) is 0.654. The minimum Gasteiger partial charge on any atom is -0.472 e. The maximum Gasteiger partial charge on any atom is 0.257 e. The summed E-state index contributed by atoms with van der Waals surface area (Å²) in [5, 5.41) is 2.97. The van der Waals surface area contributed by atoms with Crippen LogP contribution < -0.4 is 5.32 Å². The van der Waals surface area contributed by atoms with E-state index in [4.69, 9.17) is 4.42 Å². The van der Waals surface area contributed by atoms with Crippen molar-refractivity contribution in [2.75, 3.05) is 6.54 Å². The SMILES string of the molecule is CC(C)NC(=O)[C@@H]1[C@H]2CCC[C@H]2CN1C(=O)c1ccoc1. The standard InChI is InChI=1S/C16H22N2O3/c1-10(2)17-15(19)14-13-5-3-4-11(13)8-18(14)16(20)12-6-7-21-9-12/h6-7,9-11,13-14H,3-5,8H2,1-2H3,(H,17,19)/t11-,13-,14-/m0/s1. The van der Waals surface area contributed by atoms with Crippen LogP contribution in [0, 0.1) is 11.8 Å². The van der Waals surface area contributed by atoms with E-state index in [0.717, 1.165) is 19.3 Å². The number of hydrogen-bond acceptors (Lipinski definition) is 3. The van der Waals surface area contributed by atoms with E-state index < -0.39 is 0 Å². The zero-order valence-corrected chi connectivity index (χ0v) is 12.5. The zero-order chi connectivity index (χ0) is 15.0. The molecule has 5 nitrogen and oxygen atoms in total. The first kappa shape index (κ1) is 14.2. The number of rotatable bonds is 3. The highest BCUT2D eigenvalue weighted by atomic mass is 16.3. The number of amides is 2. The van der Waals surface area contributed by atoms with Gasteiger partial charge < -0.3 is 14.6 Å². The molecule has 1 aromatic heterocycles. The molecule has 0 spiro atoms. The van der Waals surface area contributed by atoms with Gasteiger partial charge in [0, 0.05) is 12.6 Å². The van der Waals surface area contributed by atoms with E-state index in [9.17, 15) is 9.59 Å². The second-order valence-electron chi connectivity index (χ2n) is 6.43. The zero-order valence-electron chi connectivity index (χ0n) is 12.5. The number of fused-ring (bicyclic) bond motifs is 1. The summed E-state index contributed by atoms with van der Waals surface area (Å²) in [7, 11) is 0. The van der Waals surface area contributed by atoms with Gasteiger partial charge in [-0.05, 0) is 44.6 Å². The van der Waals surface area contributed by atoms with Crippen molar-refractivity contribution in [1.82, 2.24) is 10.2 Å². The van der Waals surface area contributed by atoms with Crippen LogP contribution >= 0.6 is 0 Å². The highest BCUT2D eigenvalue weighted by molar-refractivity contribution is 5.98. The number of nitrogens with one attached hydrogen (secondary N) is 1. The minimum atomic E-state index is -0.331. The van der Waals surface area contributed by atoms with Crippen LogP contribution in [0.3, 0.4) is 0 Å². The average molecular weight is 290 g/mol. The Morgan fingerprint density at radius 3 is 2.86 bits per heavy atom. The van der Waals surface area contributed by atoms with Crippen molar-refractivity contribution in [2.45, 2.75) is 45.2 Å². The van der Waals surface area contributed by atoms with E-state index in [1.165, 1.54) is 12.5 Å². The molecule has 1 saturated heterocycles. The molecule has 2 amide bonds. The fraction of sp³-hybridized carbons (Fsp3) is 0.625. The lowest BCUT2D eigenvalue weighted by Gasteiger charge is -2.27. The van der Waals surface area contributed by atoms with Gasteiger partial charge in [-0.15, -0.1) is 0 Å². The van der Waals surface area contributed by atoms with Crippen molar-refractivity contribution in [3.05, 3.63) is 24.2 Å². The van der Waals surface area contributed by atoms with Gasteiger partial charge in [0.25, 0.3) is 5.91 Å². The second-order valence-corrected chi connectivity index (χ2v) is 6.43. The fourth-order valence-corrected chi connectivity index (χ4v) is 3.77. The molecule has 0 unspecified atom stereocenters. The van der Waals surface area contributed by atoms with Crippen LogP contribution in [0.2, 0.25) is 0 Å². The smallest absolute Gasteiger partial charge is 0.257 e. The fourth-order valence-electron chi connectivity index (χ4n) is 3.77. The highest BCUT2D eigenvalue weighted by Crippen LogP contribution is 2.42. The Morgan fingerprint density at radius 2 is 2.19 bits per heavy atom. The van der Waals surface area contributed by atoms with Gasteiger partial charge in [0.15, 0.2) is 0 Å². The molecule has 0 radical (unpaired) electrons. The van der Waals surface area contributed by atoms with E-state index in [0.29, 0.717) is 23.9 Å². The van der Waals surface area contributed by atoms with E-state index >= 15 is 0 Å². The van der Waals surface area contributed by atoms with Gasteiger partial charge in [-0.25, -0.2) is 0 Å². The van der Waals surface area contributed by atoms with Crippen molar-refractivity contribution < 1.29 is 14.0 Å². The molecule has 3 rings (SSSR count). The Bertz CT molecular complexity index is 524.